The summed E-state index contributed by atoms with van der Waals surface area (Å²) < 4.78 is 44.6. The number of benzene rings is 2. The zero-order valence-corrected chi connectivity index (χ0v) is 19.6. The van der Waals surface area contributed by atoms with Crippen molar-refractivity contribution in [2.24, 2.45) is 0 Å². The molecule has 0 aliphatic heterocycles. The van der Waals surface area contributed by atoms with E-state index >= 15 is 0 Å². The lowest BCUT2D eigenvalue weighted by atomic mass is 10.2. The summed E-state index contributed by atoms with van der Waals surface area (Å²) in [6.45, 7) is 0. The molecule has 0 saturated heterocycles. The van der Waals surface area contributed by atoms with Crippen molar-refractivity contribution in [3.05, 3.63) is 85.5 Å². The van der Waals surface area contributed by atoms with Gasteiger partial charge < -0.3 is 13.9 Å². The van der Waals surface area contributed by atoms with Crippen LogP contribution in [-0.2, 0) is 4.57 Å². The first-order valence-electron chi connectivity index (χ1n) is 8.28. The third-order valence-corrected chi connectivity index (χ3v) is 4.04. The molecular weight excluding hydrogens is 563 g/mol. The zero-order chi connectivity index (χ0) is 24.9. The second-order valence-electron chi connectivity index (χ2n) is 5.87. The van der Waals surface area contributed by atoms with E-state index in [0.717, 1.165) is 30.3 Å². The van der Waals surface area contributed by atoms with Crippen LogP contribution in [-0.4, -0.2) is 11.4 Å². The zero-order valence-electron chi connectivity index (χ0n) is 15.7. The lowest BCUT2D eigenvalue weighted by molar-refractivity contribution is 0.112. The summed E-state index contributed by atoms with van der Waals surface area (Å²) in [4.78, 5) is 32.5. The molecule has 1 N–H and O–H groups in total. The minimum Gasteiger partial charge on any atom is -0.507 e. The van der Waals surface area contributed by atoms with E-state index in [1.54, 1.807) is 0 Å². The first-order chi connectivity index (χ1) is 15.3. The van der Waals surface area contributed by atoms with Gasteiger partial charge in [-0.1, -0.05) is 19.0 Å². The number of hydrogen-bond donors (Lipinski definition) is 1. The predicted molar refractivity (Wildman–Crippen MR) is 129 cm³/mol. The van der Waals surface area contributed by atoms with Crippen molar-refractivity contribution in [2.75, 3.05) is 0 Å². The minimum atomic E-state index is -3.22. The standard InChI is InChI=1S/C10H4ClFO3.C9H5FO3.CH4.Cl3OP/c11-9-6-3-5(12)1-2-8(6)15-10(14)7(9)4-13;10-5-1-2-8-6(3-5)7(11)4-9(12)13-8;;1-5(2,3)4/h1-4H;1-4,11H;1H4;. The Hall–Kier alpha value is -2.42. The average molecular weight is 576 g/mol. The van der Waals surface area contributed by atoms with Gasteiger partial charge in [-0.2, -0.15) is 0 Å². The Bertz CT molecular complexity index is 1490. The van der Waals surface area contributed by atoms with Crippen molar-refractivity contribution in [1.29, 1.82) is 0 Å². The maximum Gasteiger partial charge on any atom is 0.348 e. The Morgan fingerprint density at radius 3 is 1.85 bits per heavy atom. The number of fused-ring (bicyclic) bond motifs is 2. The van der Waals surface area contributed by atoms with E-state index in [2.05, 4.69) is 33.7 Å². The lowest BCUT2D eigenvalue weighted by Gasteiger charge is -2.00. The van der Waals surface area contributed by atoms with Gasteiger partial charge in [0.1, 0.15) is 34.1 Å². The van der Waals surface area contributed by atoms with Crippen molar-refractivity contribution in [1.82, 2.24) is 0 Å². The van der Waals surface area contributed by atoms with Crippen LogP contribution in [0.1, 0.15) is 17.8 Å². The minimum absolute atomic E-state index is 0. The summed E-state index contributed by atoms with van der Waals surface area (Å²) in [7, 11) is 0. The number of rotatable bonds is 1. The van der Waals surface area contributed by atoms with Crippen LogP contribution in [0, 0.1) is 11.6 Å². The van der Waals surface area contributed by atoms with E-state index in [4.69, 9.17) is 20.4 Å². The van der Waals surface area contributed by atoms with Crippen LogP contribution in [0.3, 0.4) is 0 Å². The number of carbonyl (C=O) groups excluding carboxylic acids is 1. The van der Waals surface area contributed by atoms with E-state index in [1.165, 1.54) is 12.1 Å². The average Bonchev–Trinajstić information content (AvgIpc) is 2.69. The largest absolute Gasteiger partial charge is 0.507 e. The summed E-state index contributed by atoms with van der Waals surface area (Å²) in [6, 6.07) is 7.99. The molecule has 4 aromatic rings. The van der Waals surface area contributed by atoms with Crippen molar-refractivity contribution in [3.63, 3.8) is 0 Å². The molecule has 14 heteroatoms. The molecule has 0 fully saturated rings. The van der Waals surface area contributed by atoms with Gasteiger partial charge >= 0.3 is 16.5 Å². The van der Waals surface area contributed by atoms with Crippen LogP contribution in [0.5, 0.6) is 5.75 Å². The van der Waals surface area contributed by atoms with Crippen molar-refractivity contribution in [2.45, 2.75) is 7.43 Å². The SMILES string of the molecule is C.O=Cc1c(Cl)c2cc(F)ccc2oc1=O.O=P(Cl)(Cl)Cl.O=c1cc(O)c2cc(F)ccc2o1. The fourth-order valence-corrected chi connectivity index (χ4v) is 2.64. The highest BCUT2D eigenvalue weighted by Gasteiger charge is 2.12. The van der Waals surface area contributed by atoms with E-state index < -0.39 is 28.1 Å². The fourth-order valence-electron chi connectivity index (χ4n) is 2.37. The normalized spacial score (nSPS) is 10.4. The second-order valence-corrected chi connectivity index (χ2v) is 12.9. The molecule has 0 aliphatic rings. The van der Waals surface area contributed by atoms with Crippen LogP contribution in [0.15, 0.2) is 60.9 Å². The molecule has 7 nitrogen and oxygen atoms in total. The third kappa shape index (κ3) is 8.42. The van der Waals surface area contributed by atoms with Crippen molar-refractivity contribution in [3.8, 4) is 5.75 Å². The van der Waals surface area contributed by atoms with Gasteiger partial charge in [0.15, 0.2) is 6.29 Å². The van der Waals surface area contributed by atoms with Gasteiger partial charge in [-0.25, -0.2) is 18.4 Å². The maximum absolute atomic E-state index is 12.9. The lowest BCUT2D eigenvalue weighted by Crippen LogP contribution is -2.07. The highest BCUT2D eigenvalue weighted by Crippen LogP contribution is 2.61. The number of carbonyl (C=O) groups is 1. The summed E-state index contributed by atoms with van der Waals surface area (Å²) in [5.74, 6) is -1.28. The van der Waals surface area contributed by atoms with Crippen LogP contribution >= 0.6 is 50.5 Å². The van der Waals surface area contributed by atoms with Gasteiger partial charge in [-0.15, -0.1) is 0 Å². The summed E-state index contributed by atoms with van der Waals surface area (Å²) >= 11 is 19.6. The molecule has 4 rings (SSSR count). The van der Waals surface area contributed by atoms with Gasteiger partial charge in [0.05, 0.1) is 16.5 Å². The molecule has 2 aromatic heterocycles. The van der Waals surface area contributed by atoms with Gasteiger partial charge in [0.2, 0.25) is 0 Å². The molecule has 182 valence electrons. The van der Waals surface area contributed by atoms with Crippen LogP contribution in [0.25, 0.3) is 21.9 Å². The number of aromatic hydroxyl groups is 1. The van der Waals surface area contributed by atoms with Crippen molar-refractivity contribution < 1.29 is 32.1 Å². The number of hydrogen-bond acceptors (Lipinski definition) is 7. The summed E-state index contributed by atoms with van der Waals surface area (Å²) in [6.07, 6.45) is 0.290. The molecule has 0 atom stereocenters. The highest BCUT2D eigenvalue weighted by atomic mass is 36.0. The van der Waals surface area contributed by atoms with E-state index in [1.807, 2.05) is 0 Å². The second kappa shape index (κ2) is 12.3. The Labute approximate surface area is 209 Å². The summed E-state index contributed by atoms with van der Waals surface area (Å²) in [5.41, 5.74) is -1.45. The molecule has 0 unspecified atom stereocenters. The van der Waals surface area contributed by atoms with Crippen LogP contribution < -0.4 is 11.3 Å². The maximum atomic E-state index is 12.9. The monoisotopic (exact) mass is 574 g/mol. The predicted octanol–water partition coefficient (Wildman–Crippen LogP) is 7.48. The van der Waals surface area contributed by atoms with E-state index in [-0.39, 0.29) is 45.7 Å². The molecule has 2 heterocycles. The summed E-state index contributed by atoms with van der Waals surface area (Å²) in [5, 5.41) is 6.34. The smallest absolute Gasteiger partial charge is 0.348 e. The van der Waals surface area contributed by atoms with E-state index in [0.29, 0.717) is 6.29 Å². The highest BCUT2D eigenvalue weighted by molar-refractivity contribution is 8.24. The van der Waals surface area contributed by atoms with Crippen molar-refractivity contribution >= 4 is 78.7 Å². The molecular formula is C20H13Cl4F2O7P. The molecule has 0 aliphatic carbocycles. The van der Waals surface area contributed by atoms with Gasteiger partial charge in [-0.05, 0) is 70.1 Å². The number of aldehydes is 1. The Morgan fingerprint density at radius 1 is 0.882 bits per heavy atom. The van der Waals surface area contributed by atoms with Crippen LogP contribution in [0.2, 0.25) is 5.02 Å². The molecule has 0 radical (unpaired) electrons. The van der Waals surface area contributed by atoms with Crippen LogP contribution in [0.4, 0.5) is 8.78 Å². The molecule has 2 aromatic carbocycles. The first kappa shape index (κ1) is 29.6. The molecule has 34 heavy (non-hydrogen) atoms. The first-order valence-corrected chi connectivity index (χ1v) is 13.1. The molecule has 0 amide bonds. The quantitative estimate of drug-likeness (QED) is 0.142. The number of halogens is 6. The molecule has 0 saturated carbocycles. The van der Waals surface area contributed by atoms with Gasteiger partial charge in [-0.3, -0.25) is 9.36 Å². The van der Waals surface area contributed by atoms with Gasteiger partial charge in [0.25, 0.3) is 0 Å². The Kier molecular flexibility index (Phi) is 10.7. The van der Waals surface area contributed by atoms with Gasteiger partial charge in [0, 0.05) is 5.39 Å². The molecule has 0 spiro atoms. The van der Waals surface area contributed by atoms with E-state index in [9.17, 15) is 32.8 Å². The third-order valence-electron chi connectivity index (χ3n) is 3.64. The topological polar surface area (TPSA) is 115 Å². The Morgan fingerprint density at radius 2 is 1.35 bits per heavy atom. The molecule has 0 bridgehead atoms. The Balaban J connectivity index is 0.000000280. The fraction of sp³-hybridized carbons (Fsp3) is 0.0500.